The summed E-state index contributed by atoms with van der Waals surface area (Å²) in [4.78, 5) is 11.2. The Morgan fingerprint density at radius 2 is 2.21 bits per heavy atom. The van der Waals surface area contributed by atoms with Crippen LogP contribution >= 0.6 is 0 Å². The van der Waals surface area contributed by atoms with Crippen molar-refractivity contribution in [3.63, 3.8) is 0 Å². The standard InChI is InChI=1S/C11H14N2O5S/c12-11(15)10-7-18-5-4-13(10)19(16,17)9-3-1-2-8(14)6-9/h1-3,6,10,14H,4-5,7H2,(H2,12,15). The van der Waals surface area contributed by atoms with E-state index in [4.69, 9.17) is 10.5 Å². The molecule has 2 rings (SSSR count). The highest BCUT2D eigenvalue weighted by Crippen LogP contribution is 2.23. The number of ether oxygens (including phenoxy) is 1. The number of amides is 1. The third-order valence-electron chi connectivity index (χ3n) is 2.83. The van der Waals surface area contributed by atoms with E-state index in [1.165, 1.54) is 18.2 Å². The fourth-order valence-corrected chi connectivity index (χ4v) is 3.49. The molecule has 19 heavy (non-hydrogen) atoms. The maximum atomic E-state index is 12.4. The average Bonchev–Trinajstić information content (AvgIpc) is 2.38. The molecule has 3 N–H and O–H groups in total. The number of carbonyl (C=O) groups is 1. The van der Waals surface area contributed by atoms with Gasteiger partial charge < -0.3 is 15.6 Å². The van der Waals surface area contributed by atoms with Crippen molar-refractivity contribution >= 4 is 15.9 Å². The summed E-state index contributed by atoms with van der Waals surface area (Å²) in [5.41, 5.74) is 5.19. The van der Waals surface area contributed by atoms with Gasteiger partial charge in [-0.25, -0.2) is 8.42 Å². The Morgan fingerprint density at radius 3 is 2.84 bits per heavy atom. The molecule has 1 saturated heterocycles. The monoisotopic (exact) mass is 286 g/mol. The van der Waals surface area contributed by atoms with E-state index in [9.17, 15) is 18.3 Å². The Balaban J connectivity index is 2.40. The smallest absolute Gasteiger partial charge is 0.244 e. The highest BCUT2D eigenvalue weighted by atomic mass is 32.2. The van der Waals surface area contributed by atoms with Crippen molar-refractivity contribution < 1.29 is 23.1 Å². The number of primary amides is 1. The number of carbonyl (C=O) groups excluding carboxylic acids is 1. The van der Waals surface area contributed by atoms with Crippen LogP contribution in [0.5, 0.6) is 5.75 Å². The number of phenols is 1. The molecule has 0 aliphatic carbocycles. The van der Waals surface area contributed by atoms with E-state index >= 15 is 0 Å². The average molecular weight is 286 g/mol. The molecule has 1 aliphatic heterocycles. The number of nitrogens with zero attached hydrogens (tertiary/aromatic N) is 1. The first-order chi connectivity index (χ1) is 8.93. The van der Waals surface area contributed by atoms with Gasteiger partial charge in [0, 0.05) is 6.54 Å². The minimum absolute atomic E-state index is 0.0472. The number of nitrogens with two attached hydrogens (primary N) is 1. The van der Waals surface area contributed by atoms with Gasteiger partial charge in [0.05, 0.1) is 18.1 Å². The summed E-state index contributed by atoms with van der Waals surface area (Å²) in [7, 11) is -3.89. The molecule has 1 heterocycles. The summed E-state index contributed by atoms with van der Waals surface area (Å²) in [6.45, 7) is 0.181. The topological polar surface area (TPSA) is 110 Å². The fraction of sp³-hybridized carbons (Fsp3) is 0.364. The summed E-state index contributed by atoms with van der Waals surface area (Å²) >= 11 is 0. The van der Waals surface area contributed by atoms with Crippen LogP contribution in [0.2, 0.25) is 0 Å². The van der Waals surface area contributed by atoms with E-state index < -0.39 is 22.0 Å². The third-order valence-corrected chi connectivity index (χ3v) is 4.74. The van der Waals surface area contributed by atoms with Crippen molar-refractivity contribution in [3.05, 3.63) is 24.3 Å². The van der Waals surface area contributed by atoms with Gasteiger partial charge >= 0.3 is 0 Å². The molecule has 8 heteroatoms. The summed E-state index contributed by atoms with van der Waals surface area (Å²) < 4.78 is 30.9. The van der Waals surface area contributed by atoms with E-state index in [2.05, 4.69) is 0 Å². The molecule has 7 nitrogen and oxygen atoms in total. The van der Waals surface area contributed by atoms with Crippen molar-refractivity contribution in [1.82, 2.24) is 4.31 Å². The van der Waals surface area contributed by atoms with Crippen LogP contribution in [0.1, 0.15) is 0 Å². The van der Waals surface area contributed by atoms with Crippen LogP contribution in [-0.4, -0.2) is 49.5 Å². The largest absolute Gasteiger partial charge is 0.508 e. The highest BCUT2D eigenvalue weighted by Gasteiger charge is 2.37. The quantitative estimate of drug-likeness (QED) is 0.761. The van der Waals surface area contributed by atoms with Gasteiger partial charge in [-0.3, -0.25) is 4.79 Å². The molecule has 1 aromatic carbocycles. The van der Waals surface area contributed by atoms with Gasteiger partial charge in [0.2, 0.25) is 15.9 Å². The molecule has 0 radical (unpaired) electrons. The van der Waals surface area contributed by atoms with Gasteiger partial charge in [-0.1, -0.05) is 6.07 Å². The molecule has 1 aromatic rings. The van der Waals surface area contributed by atoms with E-state index in [-0.39, 0.29) is 30.4 Å². The zero-order valence-corrected chi connectivity index (χ0v) is 10.8. The lowest BCUT2D eigenvalue weighted by Gasteiger charge is -2.32. The fourth-order valence-electron chi connectivity index (χ4n) is 1.88. The maximum absolute atomic E-state index is 12.4. The van der Waals surface area contributed by atoms with Gasteiger partial charge in [0.1, 0.15) is 11.8 Å². The van der Waals surface area contributed by atoms with Crippen molar-refractivity contribution in [2.24, 2.45) is 5.73 Å². The number of hydrogen-bond donors (Lipinski definition) is 2. The van der Waals surface area contributed by atoms with Crippen LogP contribution in [0, 0.1) is 0 Å². The summed E-state index contributed by atoms with van der Waals surface area (Å²) in [5.74, 6) is -0.923. The Bertz CT molecular complexity index is 587. The first-order valence-electron chi connectivity index (χ1n) is 5.61. The van der Waals surface area contributed by atoms with Crippen LogP contribution < -0.4 is 5.73 Å². The highest BCUT2D eigenvalue weighted by molar-refractivity contribution is 7.89. The van der Waals surface area contributed by atoms with Crippen LogP contribution in [0.25, 0.3) is 0 Å². The second kappa shape index (κ2) is 5.16. The molecule has 104 valence electrons. The van der Waals surface area contributed by atoms with E-state index in [0.717, 1.165) is 10.4 Å². The molecule has 1 amide bonds. The SMILES string of the molecule is NC(=O)C1COCCN1S(=O)(=O)c1cccc(O)c1. The van der Waals surface area contributed by atoms with Crippen molar-refractivity contribution in [2.75, 3.05) is 19.8 Å². The lowest BCUT2D eigenvalue weighted by Crippen LogP contribution is -2.54. The van der Waals surface area contributed by atoms with Gasteiger partial charge in [0.25, 0.3) is 0 Å². The van der Waals surface area contributed by atoms with Gasteiger partial charge in [0.15, 0.2) is 0 Å². The third kappa shape index (κ3) is 2.70. The number of sulfonamides is 1. The number of phenolic OH excluding ortho intramolecular Hbond substituents is 1. The van der Waals surface area contributed by atoms with Crippen LogP contribution in [-0.2, 0) is 19.6 Å². The van der Waals surface area contributed by atoms with Crippen molar-refractivity contribution in [3.8, 4) is 5.75 Å². The Labute approximate surface area is 110 Å². The first kappa shape index (κ1) is 13.8. The molecule has 1 fully saturated rings. The number of morpholine rings is 1. The lowest BCUT2D eigenvalue weighted by molar-refractivity contribution is -0.125. The zero-order valence-electron chi connectivity index (χ0n) is 10.0. The van der Waals surface area contributed by atoms with E-state index in [1.54, 1.807) is 0 Å². The molecule has 0 spiro atoms. The summed E-state index contributed by atoms with van der Waals surface area (Å²) in [5, 5.41) is 9.35. The molecule has 0 bridgehead atoms. The molecule has 1 aliphatic rings. The number of hydrogen-bond acceptors (Lipinski definition) is 5. The molecule has 0 saturated carbocycles. The lowest BCUT2D eigenvalue weighted by atomic mass is 10.3. The minimum Gasteiger partial charge on any atom is -0.508 e. The Morgan fingerprint density at radius 1 is 1.47 bits per heavy atom. The predicted octanol–water partition coefficient (Wildman–Crippen LogP) is -0.733. The summed E-state index contributed by atoms with van der Waals surface area (Å²) in [6.07, 6.45) is 0. The van der Waals surface area contributed by atoms with Crippen molar-refractivity contribution in [2.45, 2.75) is 10.9 Å². The molecule has 1 unspecified atom stereocenters. The second-order valence-corrected chi connectivity index (χ2v) is 6.00. The van der Waals surface area contributed by atoms with Crippen LogP contribution in [0.3, 0.4) is 0 Å². The molecular formula is C11H14N2O5S. The van der Waals surface area contributed by atoms with Gasteiger partial charge in [-0.05, 0) is 18.2 Å². The van der Waals surface area contributed by atoms with Crippen molar-refractivity contribution in [1.29, 1.82) is 0 Å². The molecule has 1 atom stereocenters. The minimum atomic E-state index is -3.89. The Kier molecular flexibility index (Phi) is 3.74. The number of rotatable bonds is 3. The van der Waals surface area contributed by atoms with E-state index in [1.807, 2.05) is 0 Å². The normalized spacial score (nSPS) is 21.2. The first-order valence-corrected chi connectivity index (χ1v) is 7.05. The van der Waals surface area contributed by atoms with E-state index in [0.29, 0.717) is 0 Å². The predicted molar refractivity (Wildman–Crippen MR) is 65.8 cm³/mol. The van der Waals surface area contributed by atoms with Crippen LogP contribution in [0.15, 0.2) is 29.2 Å². The molecular weight excluding hydrogens is 272 g/mol. The zero-order chi connectivity index (χ0) is 14.0. The number of benzene rings is 1. The maximum Gasteiger partial charge on any atom is 0.244 e. The number of aromatic hydroxyl groups is 1. The van der Waals surface area contributed by atoms with Gasteiger partial charge in [-0.15, -0.1) is 0 Å². The molecule has 0 aromatic heterocycles. The Hall–Kier alpha value is -1.64. The second-order valence-electron chi connectivity index (χ2n) is 4.11. The van der Waals surface area contributed by atoms with Crippen LogP contribution in [0.4, 0.5) is 0 Å². The summed E-state index contributed by atoms with van der Waals surface area (Å²) in [6, 6.07) is 4.23. The van der Waals surface area contributed by atoms with Gasteiger partial charge in [-0.2, -0.15) is 4.31 Å².